The summed E-state index contributed by atoms with van der Waals surface area (Å²) in [6.07, 6.45) is 2.97. The van der Waals surface area contributed by atoms with Crippen LogP contribution in [-0.4, -0.2) is 25.3 Å². The average molecular weight is 206 g/mol. The Kier molecular flexibility index (Phi) is 3.32. The van der Waals surface area contributed by atoms with Crippen LogP contribution >= 0.6 is 0 Å². The topological polar surface area (TPSA) is 63.4 Å². The van der Waals surface area contributed by atoms with Crippen LogP contribution in [0.4, 0.5) is 0 Å². The molecule has 13 heavy (non-hydrogen) atoms. The minimum Gasteiger partial charge on any atom is -0.216 e. The van der Waals surface area contributed by atoms with Gasteiger partial charge >= 0.3 is 0 Å². The summed E-state index contributed by atoms with van der Waals surface area (Å²) >= 11 is 0. The number of nitrogens with zero attached hydrogens (tertiary/aromatic N) is 1. The third-order valence-corrected chi connectivity index (χ3v) is 3.70. The van der Waals surface area contributed by atoms with Crippen molar-refractivity contribution in [3.05, 3.63) is 0 Å². The predicted molar refractivity (Wildman–Crippen MR) is 52.3 cm³/mol. The van der Waals surface area contributed by atoms with E-state index in [1.807, 2.05) is 13.8 Å². The fraction of sp³-hybridized carbons (Fsp3) is 1.00. The second kappa shape index (κ2) is 3.94. The Labute approximate surface area is 80.3 Å². The van der Waals surface area contributed by atoms with Gasteiger partial charge in [-0.15, -0.1) is 0 Å². The van der Waals surface area contributed by atoms with Gasteiger partial charge in [0.25, 0.3) is 10.2 Å². The van der Waals surface area contributed by atoms with Crippen molar-refractivity contribution in [3.8, 4) is 0 Å². The molecule has 0 aromatic carbocycles. The van der Waals surface area contributed by atoms with Gasteiger partial charge < -0.3 is 0 Å². The molecule has 0 aliphatic carbocycles. The van der Waals surface area contributed by atoms with Gasteiger partial charge in [0.15, 0.2) is 0 Å². The number of piperidine rings is 1. The molecule has 5 heteroatoms. The van der Waals surface area contributed by atoms with Gasteiger partial charge in [0.1, 0.15) is 0 Å². The lowest BCUT2D eigenvalue weighted by Crippen LogP contribution is -2.49. The van der Waals surface area contributed by atoms with Gasteiger partial charge in [-0.05, 0) is 18.8 Å². The van der Waals surface area contributed by atoms with E-state index in [2.05, 4.69) is 0 Å². The van der Waals surface area contributed by atoms with Crippen molar-refractivity contribution in [3.63, 3.8) is 0 Å². The van der Waals surface area contributed by atoms with Gasteiger partial charge in [-0.1, -0.05) is 20.3 Å². The Morgan fingerprint density at radius 1 is 1.38 bits per heavy atom. The Balaban J connectivity index is 2.80. The molecule has 4 nitrogen and oxygen atoms in total. The Morgan fingerprint density at radius 2 is 2.00 bits per heavy atom. The number of nitrogens with two attached hydrogens (primary N) is 1. The molecule has 1 aliphatic rings. The van der Waals surface area contributed by atoms with Crippen LogP contribution in [0.1, 0.15) is 33.1 Å². The van der Waals surface area contributed by atoms with E-state index >= 15 is 0 Å². The van der Waals surface area contributed by atoms with Crippen molar-refractivity contribution >= 4 is 10.2 Å². The molecule has 1 unspecified atom stereocenters. The fourth-order valence-corrected chi connectivity index (χ4v) is 3.02. The summed E-state index contributed by atoms with van der Waals surface area (Å²) in [5.74, 6) is 0.346. The number of rotatable bonds is 2. The van der Waals surface area contributed by atoms with E-state index in [4.69, 9.17) is 5.14 Å². The van der Waals surface area contributed by atoms with Crippen molar-refractivity contribution in [2.24, 2.45) is 11.1 Å². The summed E-state index contributed by atoms with van der Waals surface area (Å²) in [5.41, 5.74) is 0. The molecule has 1 rings (SSSR count). The SMILES string of the molecule is CC(C)C1CCCCN1S(N)(=O)=O. The van der Waals surface area contributed by atoms with Crippen LogP contribution in [0.15, 0.2) is 0 Å². The first-order chi connectivity index (χ1) is 5.93. The molecule has 0 spiro atoms. The molecule has 0 bridgehead atoms. The summed E-state index contributed by atoms with van der Waals surface area (Å²) in [6, 6.07) is 0.101. The molecular formula is C8H18N2O2S. The summed E-state index contributed by atoms with van der Waals surface area (Å²) in [6.45, 7) is 4.66. The zero-order valence-electron chi connectivity index (χ0n) is 8.23. The van der Waals surface area contributed by atoms with Crippen LogP contribution in [0.3, 0.4) is 0 Å². The van der Waals surface area contributed by atoms with E-state index in [-0.39, 0.29) is 6.04 Å². The van der Waals surface area contributed by atoms with Crippen LogP contribution in [0.25, 0.3) is 0 Å². The van der Waals surface area contributed by atoms with E-state index in [0.29, 0.717) is 12.5 Å². The largest absolute Gasteiger partial charge is 0.277 e. The lowest BCUT2D eigenvalue weighted by Gasteiger charge is -2.35. The first-order valence-electron chi connectivity index (χ1n) is 4.72. The zero-order chi connectivity index (χ0) is 10.1. The van der Waals surface area contributed by atoms with Gasteiger partial charge in [-0.2, -0.15) is 12.7 Å². The first kappa shape index (κ1) is 10.9. The highest BCUT2D eigenvalue weighted by Gasteiger charge is 2.31. The maximum Gasteiger partial charge on any atom is 0.277 e. The highest BCUT2D eigenvalue weighted by molar-refractivity contribution is 7.86. The predicted octanol–water partition coefficient (Wildman–Crippen LogP) is 0.700. The standard InChI is InChI=1S/C8H18N2O2S/c1-7(2)8-5-3-4-6-10(8)13(9,11)12/h7-8H,3-6H2,1-2H3,(H2,9,11,12). The minimum atomic E-state index is -3.49. The van der Waals surface area contributed by atoms with Crippen molar-refractivity contribution in [2.45, 2.75) is 39.2 Å². The maximum atomic E-state index is 11.2. The van der Waals surface area contributed by atoms with Crippen molar-refractivity contribution in [1.82, 2.24) is 4.31 Å². The molecule has 0 saturated carbocycles. The maximum absolute atomic E-state index is 11.2. The summed E-state index contributed by atoms with van der Waals surface area (Å²) in [5, 5.41) is 5.14. The van der Waals surface area contributed by atoms with Gasteiger partial charge in [0, 0.05) is 12.6 Å². The molecule has 1 heterocycles. The molecule has 0 amide bonds. The third-order valence-electron chi connectivity index (χ3n) is 2.59. The molecule has 1 fully saturated rings. The van der Waals surface area contributed by atoms with Gasteiger partial charge in [-0.25, -0.2) is 5.14 Å². The van der Waals surface area contributed by atoms with Crippen molar-refractivity contribution in [1.29, 1.82) is 0 Å². The smallest absolute Gasteiger partial charge is 0.216 e. The second-order valence-corrected chi connectivity index (χ2v) is 5.46. The average Bonchev–Trinajstić information content (AvgIpc) is 2.03. The lowest BCUT2D eigenvalue weighted by molar-refractivity contribution is 0.203. The Bertz CT molecular complexity index is 261. The van der Waals surface area contributed by atoms with E-state index in [9.17, 15) is 8.42 Å². The van der Waals surface area contributed by atoms with Crippen molar-refractivity contribution in [2.75, 3.05) is 6.54 Å². The van der Waals surface area contributed by atoms with Crippen LogP contribution in [0, 0.1) is 5.92 Å². The molecule has 1 aliphatic heterocycles. The second-order valence-electron chi connectivity index (χ2n) is 3.96. The molecule has 1 atom stereocenters. The molecule has 0 aromatic heterocycles. The van der Waals surface area contributed by atoms with Gasteiger partial charge in [0.05, 0.1) is 0 Å². The number of hydrogen-bond donors (Lipinski definition) is 1. The normalized spacial score (nSPS) is 26.6. The first-order valence-corrected chi connectivity index (χ1v) is 6.23. The van der Waals surface area contributed by atoms with E-state index in [1.165, 1.54) is 4.31 Å². The van der Waals surface area contributed by atoms with Gasteiger partial charge in [0.2, 0.25) is 0 Å². The molecule has 78 valence electrons. The molecular weight excluding hydrogens is 188 g/mol. The minimum absolute atomic E-state index is 0.101. The van der Waals surface area contributed by atoms with E-state index < -0.39 is 10.2 Å². The monoisotopic (exact) mass is 206 g/mol. The van der Waals surface area contributed by atoms with Gasteiger partial charge in [-0.3, -0.25) is 0 Å². The van der Waals surface area contributed by atoms with Crippen LogP contribution in [-0.2, 0) is 10.2 Å². The Hall–Kier alpha value is -0.130. The zero-order valence-corrected chi connectivity index (χ0v) is 9.05. The van der Waals surface area contributed by atoms with Crippen LogP contribution in [0.2, 0.25) is 0 Å². The molecule has 2 N–H and O–H groups in total. The number of hydrogen-bond acceptors (Lipinski definition) is 2. The quantitative estimate of drug-likeness (QED) is 0.723. The molecule has 0 aromatic rings. The Morgan fingerprint density at radius 3 is 2.38 bits per heavy atom. The van der Waals surface area contributed by atoms with Crippen molar-refractivity contribution < 1.29 is 8.42 Å². The van der Waals surface area contributed by atoms with E-state index in [1.54, 1.807) is 0 Å². The summed E-state index contributed by atoms with van der Waals surface area (Å²) in [7, 11) is -3.49. The molecule has 0 radical (unpaired) electrons. The highest BCUT2D eigenvalue weighted by Crippen LogP contribution is 2.24. The third kappa shape index (κ3) is 2.65. The van der Waals surface area contributed by atoms with Crippen LogP contribution < -0.4 is 5.14 Å². The highest BCUT2D eigenvalue weighted by atomic mass is 32.2. The van der Waals surface area contributed by atoms with E-state index in [0.717, 1.165) is 19.3 Å². The summed E-state index contributed by atoms with van der Waals surface area (Å²) in [4.78, 5) is 0. The summed E-state index contributed by atoms with van der Waals surface area (Å²) < 4.78 is 23.9. The van der Waals surface area contributed by atoms with Crippen LogP contribution in [0.5, 0.6) is 0 Å². The lowest BCUT2D eigenvalue weighted by atomic mass is 9.95. The fourth-order valence-electron chi connectivity index (χ4n) is 1.91. The molecule has 1 saturated heterocycles.